The predicted octanol–water partition coefficient (Wildman–Crippen LogP) is 3.90. The predicted molar refractivity (Wildman–Crippen MR) is 134 cm³/mol. The number of imidazole rings is 1. The highest BCUT2D eigenvalue weighted by atomic mass is 16.2. The molecule has 35 heavy (non-hydrogen) atoms. The Bertz CT molecular complexity index is 1270. The molecule has 6 rings (SSSR count). The van der Waals surface area contributed by atoms with E-state index in [-0.39, 0.29) is 12.0 Å². The van der Waals surface area contributed by atoms with Crippen LogP contribution in [0.5, 0.6) is 0 Å². The van der Waals surface area contributed by atoms with Gasteiger partial charge in [-0.15, -0.1) is 0 Å². The Labute approximate surface area is 205 Å². The molecule has 0 saturated carbocycles. The van der Waals surface area contributed by atoms with E-state index in [4.69, 9.17) is 4.98 Å². The first kappa shape index (κ1) is 22.0. The molecule has 0 aliphatic carbocycles. The first-order valence-corrected chi connectivity index (χ1v) is 12.6. The zero-order valence-corrected chi connectivity index (χ0v) is 19.9. The summed E-state index contributed by atoms with van der Waals surface area (Å²) in [5, 5.41) is 0. The number of pyridine rings is 2. The van der Waals surface area contributed by atoms with Crippen molar-refractivity contribution in [3.05, 3.63) is 66.7 Å². The van der Waals surface area contributed by atoms with E-state index < -0.39 is 0 Å². The average molecular weight is 470 g/mol. The fraction of sp³-hybridized carbons (Fsp3) is 0.407. The first-order valence-electron chi connectivity index (χ1n) is 12.6. The second kappa shape index (κ2) is 9.62. The summed E-state index contributed by atoms with van der Waals surface area (Å²) in [4.78, 5) is 35.2. The molecule has 0 spiro atoms. The third-order valence-corrected chi connectivity index (χ3v) is 7.48. The minimum absolute atomic E-state index is 0.145. The summed E-state index contributed by atoms with van der Waals surface area (Å²) in [5.41, 5.74) is 3.88. The Balaban J connectivity index is 1.12. The maximum Gasteiger partial charge on any atom is 0.225 e. The molecule has 8 nitrogen and oxygen atoms in total. The molecule has 8 heteroatoms. The number of nitrogens with one attached hydrogen (secondary N) is 1. The lowest BCUT2D eigenvalue weighted by Crippen LogP contribution is -2.45. The van der Waals surface area contributed by atoms with E-state index in [1.807, 2.05) is 48.8 Å². The summed E-state index contributed by atoms with van der Waals surface area (Å²) in [6.45, 7) is 4.45. The molecule has 0 radical (unpaired) electrons. The zero-order valence-electron chi connectivity index (χ0n) is 19.9. The van der Waals surface area contributed by atoms with Crippen LogP contribution in [0.2, 0.25) is 0 Å². The van der Waals surface area contributed by atoms with E-state index >= 15 is 0 Å². The highest BCUT2D eigenvalue weighted by molar-refractivity contribution is 5.79. The number of carbonyl (C=O) groups is 1. The third kappa shape index (κ3) is 4.46. The van der Waals surface area contributed by atoms with Crippen LogP contribution in [0.3, 0.4) is 0 Å². The van der Waals surface area contributed by atoms with Crippen LogP contribution < -0.4 is 0 Å². The molecule has 4 aromatic heterocycles. The summed E-state index contributed by atoms with van der Waals surface area (Å²) in [6.07, 6.45) is 9.29. The molecule has 180 valence electrons. The fourth-order valence-electron chi connectivity index (χ4n) is 5.60. The largest absolute Gasteiger partial charge is 0.364 e. The molecular weight excluding hydrogens is 438 g/mol. The lowest BCUT2D eigenvalue weighted by molar-refractivity contribution is -0.138. The summed E-state index contributed by atoms with van der Waals surface area (Å²) in [7, 11) is 0. The molecule has 0 atom stereocenters. The van der Waals surface area contributed by atoms with E-state index in [2.05, 4.69) is 35.4 Å². The lowest BCUT2D eigenvalue weighted by atomic mass is 9.93. The van der Waals surface area contributed by atoms with Gasteiger partial charge in [-0.25, -0.2) is 9.97 Å². The minimum atomic E-state index is 0.145. The van der Waals surface area contributed by atoms with Crippen molar-refractivity contribution in [1.29, 1.82) is 0 Å². The molecule has 2 saturated heterocycles. The van der Waals surface area contributed by atoms with Crippen molar-refractivity contribution < 1.29 is 4.79 Å². The summed E-state index contributed by atoms with van der Waals surface area (Å²) in [6, 6.07) is 14.3. The van der Waals surface area contributed by atoms with E-state index in [1.54, 1.807) is 6.20 Å². The number of aromatic nitrogens is 5. The van der Waals surface area contributed by atoms with Crippen LogP contribution in [0.25, 0.3) is 22.7 Å². The van der Waals surface area contributed by atoms with Crippen LogP contribution in [0.1, 0.15) is 37.4 Å². The van der Waals surface area contributed by atoms with Crippen LogP contribution >= 0.6 is 0 Å². The van der Waals surface area contributed by atoms with Gasteiger partial charge in [-0.1, -0.05) is 6.07 Å². The molecule has 6 heterocycles. The standard InChI is InChI=1S/C27H31N7O/c35-27(20-8-15-32(16-9-20)19-21-5-3-13-28-21)33-17-10-22(11-18-33)34-25-24(7-4-14-30-25)31-26(34)23-6-1-2-12-29-23/h1-7,12-14,20,22,28H,8-11,15-19H2. The van der Waals surface area contributed by atoms with Gasteiger partial charge in [-0.2, -0.15) is 0 Å². The molecule has 2 fully saturated rings. The Morgan fingerprint density at radius 1 is 0.914 bits per heavy atom. The van der Waals surface area contributed by atoms with Crippen molar-refractivity contribution in [3.63, 3.8) is 0 Å². The van der Waals surface area contributed by atoms with Crippen LogP contribution in [0.15, 0.2) is 61.1 Å². The Morgan fingerprint density at radius 2 is 1.74 bits per heavy atom. The SMILES string of the molecule is O=C(C1CCN(Cc2ccc[nH]2)CC1)N1CCC(n2c(-c3ccccn3)nc3cccnc32)CC1. The van der Waals surface area contributed by atoms with E-state index in [0.717, 1.165) is 81.1 Å². The maximum absolute atomic E-state index is 13.3. The number of piperidine rings is 2. The smallest absolute Gasteiger partial charge is 0.225 e. The molecule has 0 unspecified atom stereocenters. The molecular formula is C27H31N7O. The number of H-pyrrole nitrogens is 1. The Hall–Kier alpha value is -3.52. The third-order valence-electron chi connectivity index (χ3n) is 7.48. The van der Waals surface area contributed by atoms with Crippen molar-refractivity contribution >= 4 is 17.1 Å². The summed E-state index contributed by atoms with van der Waals surface area (Å²) >= 11 is 0. The maximum atomic E-state index is 13.3. The van der Waals surface area contributed by atoms with E-state index in [1.165, 1.54) is 5.69 Å². The number of rotatable bonds is 5. The number of aromatic amines is 1. The number of nitrogens with zero attached hydrogens (tertiary/aromatic N) is 6. The average Bonchev–Trinajstić information content (AvgIpc) is 3.57. The van der Waals surface area contributed by atoms with Crippen LogP contribution in [0, 0.1) is 5.92 Å². The van der Waals surface area contributed by atoms with Crippen molar-refractivity contribution in [2.75, 3.05) is 26.2 Å². The summed E-state index contributed by atoms with van der Waals surface area (Å²) < 4.78 is 2.25. The quantitative estimate of drug-likeness (QED) is 0.479. The van der Waals surface area contributed by atoms with Gasteiger partial charge in [0.05, 0.1) is 0 Å². The highest BCUT2D eigenvalue weighted by Gasteiger charge is 2.32. The van der Waals surface area contributed by atoms with Gasteiger partial charge in [-0.3, -0.25) is 14.7 Å². The Morgan fingerprint density at radius 3 is 2.49 bits per heavy atom. The molecule has 1 N–H and O–H groups in total. The minimum Gasteiger partial charge on any atom is -0.364 e. The van der Waals surface area contributed by atoms with Crippen LogP contribution in [-0.2, 0) is 11.3 Å². The van der Waals surface area contributed by atoms with Gasteiger partial charge in [0.1, 0.15) is 11.2 Å². The molecule has 1 amide bonds. The van der Waals surface area contributed by atoms with Gasteiger partial charge >= 0.3 is 0 Å². The van der Waals surface area contributed by atoms with Crippen LogP contribution in [-0.4, -0.2) is 66.4 Å². The zero-order chi connectivity index (χ0) is 23.6. The van der Waals surface area contributed by atoms with Gasteiger partial charge in [0.25, 0.3) is 0 Å². The number of likely N-dealkylation sites (tertiary alicyclic amines) is 2. The van der Waals surface area contributed by atoms with Crippen molar-refractivity contribution in [2.45, 2.75) is 38.3 Å². The number of fused-ring (bicyclic) bond motifs is 1. The second-order valence-corrected chi connectivity index (χ2v) is 9.67. The topological polar surface area (TPSA) is 82.9 Å². The van der Waals surface area contributed by atoms with Gasteiger partial charge < -0.3 is 14.5 Å². The van der Waals surface area contributed by atoms with Crippen molar-refractivity contribution in [1.82, 2.24) is 34.3 Å². The lowest BCUT2D eigenvalue weighted by Gasteiger charge is -2.37. The van der Waals surface area contributed by atoms with Crippen molar-refractivity contribution in [2.24, 2.45) is 5.92 Å². The van der Waals surface area contributed by atoms with Gasteiger partial charge in [0.15, 0.2) is 11.5 Å². The molecule has 4 aromatic rings. The van der Waals surface area contributed by atoms with Gasteiger partial charge in [-0.05, 0) is 75.2 Å². The van der Waals surface area contributed by atoms with Gasteiger partial charge in [0, 0.05) is 55.9 Å². The second-order valence-electron chi connectivity index (χ2n) is 9.67. The monoisotopic (exact) mass is 469 g/mol. The number of hydrogen-bond donors (Lipinski definition) is 1. The molecule has 2 aliphatic rings. The van der Waals surface area contributed by atoms with E-state index in [9.17, 15) is 4.79 Å². The fourth-order valence-corrected chi connectivity index (χ4v) is 5.60. The molecule has 0 aromatic carbocycles. The Kier molecular flexibility index (Phi) is 6.04. The van der Waals surface area contributed by atoms with Crippen LogP contribution in [0.4, 0.5) is 0 Å². The summed E-state index contributed by atoms with van der Waals surface area (Å²) in [5.74, 6) is 1.34. The first-order chi connectivity index (χ1) is 17.3. The number of amides is 1. The van der Waals surface area contributed by atoms with E-state index in [0.29, 0.717) is 5.91 Å². The molecule has 0 bridgehead atoms. The molecule has 2 aliphatic heterocycles. The van der Waals surface area contributed by atoms with Crippen molar-refractivity contribution in [3.8, 4) is 11.5 Å². The highest BCUT2D eigenvalue weighted by Crippen LogP contribution is 2.33. The number of hydrogen-bond acceptors (Lipinski definition) is 5. The normalized spacial score (nSPS) is 18.3. The van der Waals surface area contributed by atoms with Gasteiger partial charge in [0.2, 0.25) is 5.91 Å². The number of carbonyl (C=O) groups excluding carboxylic acids is 1.